The summed E-state index contributed by atoms with van der Waals surface area (Å²) in [7, 11) is 0. The molecular weight excluding hydrogens is 444 g/mol. The molecule has 0 rings (SSSR count). The maximum absolute atomic E-state index is 10.8. The molecule has 0 spiro atoms. The minimum absolute atomic E-state index is 0.310. The molecule has 1 atom stereocenters. The molecule has 0 radical (unpaired) electrons. The van der Waals surface area contributed by atoms with Gasteiger partial charge in [-0.2, -0.15) is 0 Å². The minimum Gasteiger partial charge on any atom is -0.463 e. The molecule has 0 aromatic carbocycles. The van der Waals surface area contributed by atoms with Gasteiger partial charge in [0.25, 0.3) is 0 Å². The molecule has 0 aromatic heterocycles. The first-order chi connectivity index (χ1) is 16.7. The molecule has 0 saturated heterocycles. The first-order valence-corrected chi connectivity index (χ1v) is 13.1. The van der Waals surface area contributed by atoms with E-state index in [0.717, 1.165) is 25.7 Å². The summed E-state index contributed by atoms with van der Waals surface area (Å²) in [6, 6.07) is 0. The molecule has 1 unspecified atom stereocenters. The Labute approximate surface area is 215 Å². The van der Waals surface area contributed by atoms with E-state index in [1.807, 2.05) is 13.8 Å². The number of hydrogen-bond acceptors (Lipinski definition) is 6. The van der Waals surface area contributed by atoms with Crippen molar-refractivity contribution in [2.24, 2.45) is 11.8 Å². The van der Waals surface area contributed by atoms with Crippen LogP contribution in [-0.4, -0.2) is 37.7 Å². The minimum atomic E-state index is -0.344. The summed E-state index contributed by atoms with van der Waals surface area (Å²) in [6.07, 6.45) is 15.5. The molecule has 0 aliphatic heterocycles. The van der Waals surface area contributed by atoms with E-state index in [1.54, 1.807) is 0 Å². The zero-order valence-corrected chi connectivity index (χ0v) is 23.1. The highest BCUT2D eigenvalue weighted by molar-refractivity contribution is 5.81. The Morgan fingerprint density at radius 2 is 1.11 bits per heavy atom. The molecule has 0 amide bonds. The number of unbranched alkanes of at least 4 members (excludes halogenated alkanes) is 6. The summed E-state index contributed by atoms with van der Waals surface area (Å²) >= 11 is 0. The molecule has 0 saturated carbocycles. The largest absolute Gasteiger partial charge is 0.463 e. The van der Waals surface area contributed by atoms with E-state index in [2.05, 4.69) is 40.5 Å². The molecule has 0 heterocycles. The smallest absolute Gasteiger partial charge is 0.330 e. The summed E-state index contributed by atoms with van der Waals surface area (Å²) in [5.74, 6) is -0.0510. The quantitative estimate of drug-likeness (QED) is 0.0852. The van der Waals surface area contributed by atoms with E-state index in [-0.39, 0.29) is 17.9 Å². The zero-order chi connectivity index (χ0) is 27.3. The van der Waals surface area contributed by atoms with Crippen molar-refractivity contribution in [3.05, 3.63) is 38.0 Å². The van der Waals surface area contributed by atoms with Crippen LogP contribution >= 0.6 is 0 Å². The molecule has 0 aliphatic carbocycles. The normalized spacial score (nSPS) is 10.5. The maximum atomic E-state index is 10.8. The van der Waals surface area contributed by atoms with Crippen LogP contribution in [0.15, 0.2) is 38.0 Å². The molecule has 0 bridgehead atoms. The Morgan fingerprint density at radius 1 is 0.657 bits per heavy atom. The van der Waals surface area contributed by atoms with Gasteiger partial charge < -0.3 is 14.2 Å². The van der Waals surface area contributed by atoms with E-state index in [4.69, 9.17) is 14.2 Å². The van der Waals surface area contributed by atoms with Gasteiger partial charge in [-0.25, -0.2) is 14.4 Å². The van der Waals surface area contributed by atoms with Crippen LogP contribution in [-0.2, 0) is 28.6 Å². The van der Waals surface area contributed by atoms with Gasteiger partial charge in [-0.1, -0.05) is 106 Å². The number of esters is 3. The molecule has 0 aromatic rings. The molecular formula is C29H52O6. The number of carbonyl (C=O) groups excluding carboxylic acids is 3. The lowest BCUT2D eigenvalue weighted by atomic mass is 10.0. The van der Waals surface area contributed by atoms with Crippen LogP contribution in [0.4, 0.5) is 0 Å². The number of carbonyl (C=O) groups is 3. The Morgan fingerprint density at radius 3 is 1.57 bits per heavy atom. The summed E-state index contributed by atoms with van der Waals surface area (Å²) in [5.41, 5.74) is 0. The second-order valence-corrected chi connectivity index (χ2v) is 8.62. The van der Waals surface area contributed by atoms with E-state index in [9.17, 15) is 14.4 Å². The second-order valence-electron chi connectivity index (χ2n) is 8.62. The fraction of sp³-hybridized carbons (Fsp3) is 0.690. The van der Waals surface area contributed by atoms with Crippen molar-refractivity contribution in [3.8, 4) is 0 Å². The van der Waals surface area contributed by atoms with Crippen LogP contribution in [0, 0.1) is 11.8 Å². The molecule has 6 nitrogen and oxygen atoms in total. The lowest BCUT2D eigenvalue weighted by Gasteiger charge is -2.13. The van der Waals surface area contributed by atoms with Crippen molar-refractivity contribution in [1.82, 2.24) is 0 Å². The monoisotopic (exact) mass is 496 g/mol. The Bertz CT molecular complexity index is 553. The van der Waals surface area contributed by atoms with Gasteiger partial charge in [0.05, 0.1) is 19.8 Å². The highest BCUT2D eigenvalue weighted by atomic mass is 16.5. The average molecular weight is 497 g/mol. The summed E-state index contributed by atoms with van der Waals surface area (Å²) < 4.78 is 14.5. The van der Waals surface area contributed by atoms with Gasteiger partial charge in [0.15, 0.2) is 0 Å². The van der Waals surface area contributed by atoms with E-state index < -0.39 is 0 Å². The first kappa shape index (κ1) is 37.2. The van der Waals surface area contributed by atoms with E-state index >= 15 is 0 Å². The lowest BCUT2D eigenvalue weighted by molar-refractivity contribution is -0.139. The molecule has 0 N–H and O–H groups in total. The van der Waals surface area contributed by atoms with Crippen LogP contribution in [0.5, 0.6) is 0 Å². The Kier molecular flexibility index (Phi) is 31.5. The Hall–Kier alpha value is -2.37. The van der Waals surface area contributed by atoms with Gasteiger partial charge in [0.1, 0.15) is 0 Å². The average Bonchev–Trinajstić information content (AvgIpc) is 2.87. The van der Waals surface area contributed by atoms with Gasteiger partial charge >= 0.3 is 17.9 Å². The van der Waals surface area contributed by atoms with Crippen molar-refractivity contribution in [1.29, 1.82) is 0 Å². The number of rotatable bonds is 18. The van der Waals surface area contributed by atoms with Gasteiger partial charge in [-0.05, 0) is 24.7 Å². The van der Waals surface area contributed by atoms with Gasteiger partial charge in [0.2, 0.25) is 0 Å². The lowest BCUT2D eigenvalue weighted by Crippen LogP contribution is -2.12. The summed E-state index contributed by atoms with van der Waals surface area (Å²) in [6.45, 7) is 22.0. The van der Waals surface area contributed by atoms with Crippen LogP contribution in [0.1, 0.15) is 98.8 Å². The topological polar surface area (TPSA) is 78.9 Å². The third kappa shape index (κ3) is 33.9. The van der Waals surface area contributed by atoms with Crippen LogP contribution in [0.25, 0.3) is 0 Å². The fourth-order valence-corrected chi connectivity index (χ4v) is 2.58. The van der Waals surface area contributed by atoms with Gasteiger partial charge in [-0.3, -0.25) is 0 Å². The van der Waals surface area contributed by atoms with Crippen LogP contribution in [0.3, 0.4) is 0 Å². The summed E-state index contributed by atoms with van der Waals surface area (Å²) in [4.78, 5) is 31.7. The zero-order valence-electron chi connectivity index (χ0n) is 23.1. The van der Waals surface area contributed by atoms with Crippen molar-refractivity contribution in [2.75, 3.05) is 19.8 Å². The van der Waals surface area contributed by atoms with Crippen LogP contribution in [0.2, 0.25) is 0 Å². The summed E-state index contributed by atoms with van der Waals surface area (Å²) in [5, 5.41) is 0. The molecule has 0 aliphatic rings. The SMILES string of the molecule is C=CC(=O)OCC(C)C.C=CC(=O)OCC(CC)CCCC.C=CC(=O)OCCCCCCCC. The maximum Gasteiger partial charge on any atom is 0.330 e. The van der Waals surface area contributed by atoms with Crippen LogP contribution < -0.4 is 0 Å². The third-order valence-electron chi connectivity index (χ3n) is 4.81. The van der Waals surface area contributed by atoms with Crippen molar-refractivity contribution < 1.29 is 28.6 Å². The molecule has 35 heavy (non-hydrogen) atoms. The molecule has 204 valence electrons. The first-order valence-electron chi connectivity index (χ1n) is 13.1. The number of hydrogen-bond donors (Lipinski definition) is 0. The third-order valence-corrected chi connectivity index (χ3v) is 4.81. The molecule has 6 heteroatoms. The molecule has 0 fully saturated rings. The Balaban J connectivity index is -0.000000448. The van der Waals surface area contributed by atoms with Crippen molar-refractivity contribution in [2.45, 2.75) is 98.8 Å². The highest BCUT2D eigenvalue weighted by Crippen LogP contribution is 2.12. The van der Waals surface area contributed by atoms with E-state index in [1.165, 1.54) is 56.8 Å². The van der Waals surface area contributed by atoms with E-state index in [0.29, 0.717) is 31.7 Å². The van der Waals surface area contributed by atoms with Gasteiger partial charge in [0, 0.05) is 18.2 Å². The highest BCUT2D eigenvalue weighted by Gasteiger charge is 2.07. The predicted molar refractivity (Wildman–Crippen MR) is 145 cm³/mol. The van der Waals surface area contributed by atoms with Crippen molar-refractivity contribution in [3.63, 3.8) is 0 Å². The van der Waals surface area contributed by atoms with Gasteiger partial charge in [-0.15, -0.1) is 0 Å². The predicted octanol–water partition coefficient (Wildman–Crippen LogP) is 7.38. The number of ether oxygens (including phenoxy) is 3. The fourth-order valence-electron chi connectivity index (χ4n) is 2.58. The second kappa shape index (κ2) is 29.7. The standard InChI is InChI=1S/2C11H20O2.C7H12O2/c1-4-7-8-10(5-2)9-13-11(12)6-3;1-3-5-6-7-8-9-10-13-11(12)4-2;1-4-7(8)9-5-6(2)3/h6,10H,3-5,7-9H2,1-2H3;4H,2-3,5-10H2,1H3;4,6H,1,5H2,2-3H3. The van der Waals surface area contributed by atoms with Crippen molar-refractivity contribution >= 4 is 17.9 Å².